The third kappa shape index (κ3) is 15.8. The molecule has 1 saturated heterocycles. The minimum atomic E-state index is 0.0301. The van der Waals surface area contributed by atoms with Crippen molar-refractivity contribution in [2.24, 2.45) is 0 Å². The molecule has 0 amide bonds. The summed E-state index contributed by atoms with van der Waals surface area (Å²) >= 11 is 0. The van der Waals surface area contributed by atoms with Crippen LogP contribution in [0.5, 0.6) is 0 Å². The second-order valence-corrected chi connectivity index (χ2v) is 6.79. The normalized spacial score (nSPS) is 15.0. The first-order valence-corrected chi connectivity index (χ1v) is 9.79. The molecule has 1 atom stereocenters. The molecule has 2 heterocycles. The number of piperidine rings is 1. The van der Waals surface area contributed by atoms with E-state index in [4.69, 9.17) is 0 Å². The lowest BCUT2D eigenvalue weighted by molar-refractivity contribution is -0.131. The Bertz CT molecular complexity index is 508. The van der Waals surface area contributed by atoms with Gasteiger partial charge in [0.15, 0.2) is 0 Å². The summed E-state index contributed by atoms with van der Waals surface area (Å²) in [6.45, 7) is 23.9. The van der Waals surface area contributed by atoms with E-state index >= 15 is 0 Å². The van der Waals surface area contributed by atoms with Crippen LogP contribution in [0.25, 0.3) is 0 Å². The lowest BCUT2D eigenvalue weighted by Gasteiger charge is -2.34. The summed E-state index contributed by atoms with van der Waals surface area (Å²) in [7, 11) is 0. The fourth-order valence-electron chi connectivity index (χ4n) is 2.34. The number of allylic oxidation sites excluding steroid dienone is 2. The topological polar surface area (TPSA) is 42.4 Å². The lowest BCUT2D eigenvalue weighted by Crippen LogP contribution is -2.32. The lowest BCUT2D eigenvalue weighted by atomic mass is 9.91. The van der Waals surface area contributed by atoms with E-state index < -0.39 is 0 Å². The average Bonchev–Trinajstić information content (AvgIpc) is 2.64. The predicted molar refractivity (Wildman–Crippen MR) is 117 cm³/mol. The Morgan fingerprint density at radius 3 is 2.11 bits per heavy atom. The highest BCUT2D eigenvalue weighted by molar-refractivity contribution is 5.37. The zero-order valence-electron chi connectivity index (χ0n) is 18.5. The molecule has 1 aromatic heterocycles. The molecule has 0 N–H and O–H groups in total. The summed E-state index contributed by atoms with van der Waals surface area (Å²) in [5.41, 5.74) is 3.77. The Balaban J connectivity index is 0. The molecule has 1 aliphatic heterocycles. The van der Waals surface area contributed by atoms with Gasteiger partial charge in [0.25, 0.3) is 6.47 Å². The zero-order valence-corrected chi connectivity index (χ0v) is 18.5. The van der Waals surface area contributed by atoms with Crippen LogP contribution in [-0.4, -0.2) is 35.5 Å². The van der Waals surface area contributed by atoms with Crippen molar-refractivity contribution in [3.05, 3.63) is 54.5 Å². The summed E-state index contributed by atoms with van der Waals surface area (Å²) in [6, 6.07) is 4.26. The molecule has 0 aromatic carbocycles. The van der Waals surface area contributed by atoms with E-state index in [-0.39, 0.29) is 6.10 Å². The van der Waals surface area contributed by atoms with Crippen LogP contribution in [0, 0.1) is 0 Å². The van der Waals surface area contributed by atoms with Crippen molar-refractivity contribution >= 4 is 6.47 Å². The van der Waals surface area contributed by atoms with Crippen LogP contribution >= 0.6 is 0 Å². The van der Waals surface area contributed by atoms with E-state index in [0.717, 1.165) is 13.1 Å². The molecular weight excluding hydrogens is 336 g/mol. The standard InChI is InChI=1S/C13H18N2.C4H8O2.C4H8.C2H6/c1-11(2)15-9-3-4-13(10-15)12-5-7-14-8-6-12;1-4(2)6-3-5;1-4(2)3;1-2/h5-8,13H,1,3-4,9-10H2,2H3;3-4H,1-2H3;1H2,2-3H3;1-2H3. The van der Waals surface area contributed by atoms with Crippen LogP contribution < -0.4 is 0 Å². The summed E-state index contributed by atoms with van der Waals surface area (Å²) in [5.74, 6) is 0.651. The number of likely N-dealkylation sites (tertiary alicyclic amines) is 1. The van der Waals surface area contributed by atoms with E-state index in [1.54, 1.807) is 13.8 Å². The molecule has 27 heavy (non-hydrogen) atoms. The van der Waals surface area contributed by atoms with Crippen LogP contribution in [0.2, 0.25) is 0 Å². The second kappa shape index (κ2) is 17.3. The van der Waals surface area contributed by atoms with Crippen LogP contribution in [0.4, 0.5) is 0 Å². The van der Waals surface area contributed by atoms with Crippen molar-refractivity contribution in [1.82, 2.24) is 9.88 Å². The summed E-state index contributed by atoms with van der Waals surface area (Å²) in [6.07, 6.45) is 6.35. The van der Waals surface area contributed by atoms with Crippen molar-refractivity contribution in [3.8, 4) is 0 Å². The Hall–Kier alpha value is -2.10. The number of carbonyl (C=O) groups excluding carboxylic acids is 1. The molecule has 4 nitrogen and oxygen atoms in total. The number of carbonyl (C=O) groups is 1. The number of hydrogen-bond acceptors (Lipinski definition) is 4. The molecule has 0 radical (unpaired) electrons. The van der Waals surface area contributed by atoms with Crippen molar-refractivity contribution < 1.29 is 9.53 Å². The molecule has 0 aliphatic carbocycles. The van der Waals surface area contributed by atoms with E-state index in [1.807, 2.05) is 40.1 Å². The van der Waals surface area contributed by atoms with Crippen molar-refractivity contribution in [3.63, 3.8) is 0 Å². The highest BCUT2D eigenvalue weighted by Gasteiger charge is 2.20. The number of nitrogens with zero attached hydrogens (tertiary/aromatic N) is 2. The average molecular weight is 377 g/mol. The van der Waals surface area contributed by atoms with Gasteiger partial charge in [0.1, 0.15) is 0 Å². The number of ether oxygens (including phenoxy) is 1. The highest BCUT2D eigenvalue weighted by Crippen LogP contribution is 2.27. The Kier molecular flexibility index (Phi) is 17.4. The van der Waals surface area contributed by atoms with Gasteiger partial charge >= 0.3 is 0 Å². The Morgan fingerprint density at radius 1 is 1.22 bits per heavy atom. The molecule has 0 bridgehead atoms. The SMILES string of the molecule is C=C(C)C.C=C(C)N1CCCC(c2ccncc2)C1.CC.CC(C)OC=O. The molecule has 4 heteroatoms. The maximum absolute atomic E-state index is 9.39. The Labute approximate surface area is 167 Å². The molecule has 1 aromatic rings. The van der Waals surface area contributed by atoms with Gasteiger partial charge in [-0.25, -0.2) is 0 Å². The number of pyridine rings is 1. The second-order valence-electron chi connectivity index (χ2n) is 6.79. The summed E-state index contributed by atoms with van der Waals surface area (Å²) in [5, 5.41) is 0. The fourth-order valence-corrected chi connectivity index (χ4v) is 2.34. The molecule has 0 saturated carbocycles. The van der Waals surface area contributed by atoms with Gasteiger partial charge in [-0.1, -0.05) is 26.0 Å². The largest absolute Gasteiger partial charge is 0.465 e. The molecule has 1 fully saturated rings. The minimum absolute atomic E-state index is 0.0301. The van der Waals surface area contributed by atoms with Gasteiger partial charge in [0.05, 0.1) is 6.10 Å². The molecular formula is C23H40N2O2. The quantitative estimate of drug-likeness (QED) is 0.479. The van der Waals surface area contributed by atoms with Crippen molar-refractivity contribution in [1.29, 1.82) is 0 Å². The van der Waals surface area contributed by atoms with Gasteiger partial charge in [-0.2, -0.15) is 0 Å². The van der Waals surface area contributed by atoms with E-state index in [1.165, 1.54) is 29.7 Å². The molecule has 1 unspecified atom stereocenters. The van der Waals surface area contributed by atoms with E-state index in [9.17, 15) is 4.79 Å². The van der Waals surface area contributed by atoms with Gasteiger partial charge in [-0.15, -0.1) is 6.58 Å². The van der Waals surface area contributed by atoms with Crippen LogP contribution in [0.15, 0.2) is 49.0 Å². The molecule has 1 aliphatic rings. The first-order valence-electron chi connectivity index (χ1n) is 9.79. The Morgan fingerprint density at radius 2 is 1.74 bits per heavy atom. The molecule has 2 rings (SSSR count). The highest BCUT2D eigenvalue weighted by atomic mass is 16.5. The fraction of sp³-hybridized carbons (Fsp3) is 0.565. The van der Waals surface area contributed by atoms with Gasteiger partial charge in [0.2, 0.25) is 0 Å². The van der Waals surface area contributed by atoms with Crippen LogP contribution in [0.3, 0.4) is 0 Å². The first-order chi connectivity index (χ1) is 12.8. The number of hydrogen-bond donors (Lipinski definition) is 0. The maximum Gasteiger partial charge on any atom is 0.293 e. The van der Waals surface area contributed by atoms with Gasteiger partial charge in [-0.3, -0.25) is 9.78 Å². The van der Waals surface area contributed by atoms with Gasteiger partial charge < -0.3 is 9.64 Å². The molecule has 0 spiro atoms. The van der Waals surface area contributed by atoms with E-state index in [2.05, 4.69) is 46.8 Å². The van der Waals surface area contributed by atoms with E-state index in [0.29, 0.717) is 12.4 Å². The third-order valence-electron chi connectivity index (χ3n) is 3.47. The summed E-state index contributed by atoms with van der Waals surface area (Å²) < 4.78 is 4.36. The van der Waals surface area contributed by atoms with Gasteiger partial charge in [0, 0.05) is 37.1 Å². The first kappa shape index (κ1) is 27.1. The van der Waals surface area contributed by atoms with Gasteiger partial charge in [-0.05, 0) is 65.2 Å². The van der Waals surface area contributed by atoms with Crippen LogP contribution in [0.1, 0.15) is 72.8 Å². The van der Waals surface area contributed by atoms with Crippen LogP contribution in [-0.2, 0) is 9.53 Å². The minimum Gasteiger partial charge on any atom is -0.465 e. The third-order valence-corrected chi connectivity index (χ3v) is 3.47. The maximum atomic E-state index is 9.39. The molecule has 154 valence electrons. The predicted octanol–water partition coefficient (Wildman–Crippen LogP) is 5.97. The zero-order chi connectivity index (χ0) is 21.2. The van der Waals surface area contributed by atoms with Crippen molar-refractivity contribution in [2.75, 3.05) is 13.1 Å². The summed E-state index contributed by atoms with van der Waals surface area (Å²) in [4.78, 5) is 15.8. The number of rotatable bonds is 4. The monoisotopic (exact) mass is 376 g/mol. The smallest absolute Gasteiger partial charge is 0.293 e. The van der Waals surface area contributed by atoms with Crippen molar-refractivity contribution in [2.45, 2.75) is 73.3 Å². The number of aromatic nitrogens is 1.